The van der Waals surface area contributed by atoms with E-state index in [1.165, 1.54) is 5.56 Å². The number of aromatic nitrogens is 2. The zero-order valence-electron chi connectivity index (χ0n) is 18.6. The quantitative estimate of drug-likeness (QED) is 0.600. The fourth-order valence-corrected chi connectivity index (χ4v) is 3.87. The van der Waals surface area contributed by atoms with E-state index in [-0.39, 0.29) is 19.1 Å². The van der Waals surface area contributed by atoms with Crippen LogP contribution in [0.15, 0.2) is 30.7 Å². The summed E-state index contributed by atoms with van der Waals surface area (Å²) in [5.41, 5.74) is 4.14. The molecule has 3 rings (SSSR count). The monoisotopic (exact) mass is 429 g/mol. The fourth-order valence-electron chi connectivity index (χ4n) is 3.87. The third kappa shape index (κ3) is 5.77. The number of aryl methyl sites for hydroxylation is 2. The van der Waals surface area contributed by atoms with E-state index in [0.29, 0.717) is 13.1 Å². The molecule has 2 amide bonds. The standard InChI is InChI=1S/C23H32N4O4/c1-4-9-24-22(28)30-15-18-14-27-13-8-19(17-6-11-26(3)12-7-17)21(27)20(18)16-31-23(29)25-10-5-2/h6-7,11-12,14,19H,4-5,8-10,13,15-16H2,1-3H3,(H-,24,25,28,29)/p+1. The lowest BCUT2D eigenvalue weighted by Crippen LogP contribution is -2.26. The van der Waals surface area contributed by atoms with Crippen molar-refractivity contribution in [3.05, 3.63) is 53.1 Å². The Hall–Kier alpha value is -3.03. The number of carbonyl (C=O) groups excluding carboxylic acids is 2. The number of hydrogen-bond donors (Lipinski definition) is 2. The second-order valence-electron chi connectivity index (χ2n) is 7.86. The molecule has 0 radical (unpaired) electrons. The van der Waals surface area contributed by atoms with Crippen molar-refractivity contribution in [1.82, 2.24) is 15.2 Å². The molecule has 1 aliphatic rings. The van der Waals surface area contributed by atoms with Gasteiger partial charge in [-0.1, -0.05) is 13.8 Å². The second-order valence-corrected chi connectivity index (χ2v) is 7.86. The lowest BCUT2D eigenvalue weighted by atomic mass is 9.92. The predicted molar refractivity (Wildman–Crippen MR) is 115 cm³/mol. The van der Waals surface area contributed by atoms with Crippen LogP contribution in [0.5, 0.6) is 0 Å². The van der Waals surface area contributed by atoms with Crippen LogP contribution in [0.25, 0.3) is 0 Å². The van der Waals surface area contributed by atoms with E-state index in [0.717, 1.165) is 42.6 Å². The van der Waals surface area contributed by atoms with Gasteiger partial charge in [0.25, 0.3) is 0 Å². The number of carbonyl (C=O) groups is 2. The highest BCUT2D eigenvalue weighted by Gasteiger charge is 2.31. The largest absolute Gasteiger partial charge is 0.445 e. The van der Waals surface area contributed by atoms with Gasteiger partial charge in [-0.3, -0.25) is 0 Å². The van der Waals surface area contributed by atoms with Gasteiger partial charge in [0.1, 0.15) is 20.3 Å². The van der Waals surface area contributed by atoms with Gasteiger partial charge in [0.15, 0.2) is 12.4 Å². The van der Waals surface area contributed by atoms with Crippen LogP contribution in [0.4, 0.5) is 9.59 Å². The molecule has 8 nitrogen and oxygen atoms in total. The Balaban J connectivity index is 1.82. The van der Waals surface area contributed by atoms with Crippen molar-refractivity contribution in [1.29, 1.82) is 0 Å². The number of rotatable bonds is 9. The average Bonchev–Trinajstić information content (AvgIpc) is 3.33. The summed E-state index contributed by atoms with van der Waals surface area (Å²) in [4.78, 5) is 24.0. The topological polar surface area (TPSA) is 85.5 Å². The number of hydrogen-bond acceptors (Lipinski definition) is 4. The van der Waals surface area contributed by atoms with E-state index in [1.54, 1.807) is 0 Å². The minimum Gasteiger partial charge on any atom is -0.445 e. The number of ether oxygens (including phenoxy) is 2. The zero-order chi connectivity index (χ0) is 22.2. The van der Waals surface area contributed by atoms with E-state index in [2.05, 4.69) is 27.3 Å². The Morgan fingerprint density at radius 1 is 1.06 bits per heavy atom. The second kappa shape index (κ2) is 10.8. The Morgan fingerprint density at radius 3 is 2.29 bits per heavy atom. The van der Waals surface area contributed by atoms with Gasteiger partial charge < -0.3 is 24.7 Å². The van der Waals surface area contributed by atoms with E-state index in [1.807, 2.05) is 44.1 Å². The molecule has 2 aromatic rings. The Bertz CT molecular complexity index is 892. The van der Waals surface area contributed by atoms with Gasteiger partial charge in [0, 0.05) is 60.7 Å². The molecular weight excluding hydrogens is 396 g/mol. The third-order valence-corrected chi connectivity index (χ3v) is 5.46. The van der Waals surface area contributed by atoms with Crippen molar-refractivity contribution in [2.75, 3.05) is 13.1 Å². The SMILES string of the molecule is CCCNC(=O)OCc1cn2c(c1COC(=O)NCCC)C(c1cc[n+](C)cc1)CC2. The molecular formula is C23H33N4O4+. The molecule has 31 heavy (non-hydrogen) atoms. The van der Waals surface area contributed by atoms with Crippen molar-refractivity contribution in [2.45, 2.75) is 58.8 Å². The van der Waals surface area contributed by atoms with Gasteiger partial charge >= 0.3 is 12.2 Å². The normalized spacial score (nSPS) is 14.7. The first-order valence-corrected chi connectivity index (χ1v) is 11.0. The number of nitrogens with zero attached hydrogens (tertiary/aromatic N) is 2. The van der Waals surface area contributed by atoms with Gasteiger partial charge in [0.2, 0.25) is 0 Å². The number of alkyl carbamates (subject to hydrolysis) is 2. The first kappa shape index (κ1) is 22.7. The van der Waals surface area contributed by atoms with Crippen LogP contribution in [0.2, 0.25) is 0 Å². The maximum atomic E-state index is 12.0. The maximum absolute atomic E-state index is 12.0. The summed E-state index contributed by atoms with van der Waals surface area (Å²) in [5.74, 6) is 0.209. The smallest absolute Gasteiger partial charge is 0.407 e. The number of fused-ring (bicyclic) bond motifs is 1. The number of amides is 2. The van der Waals surface area contributed by atoms with Gasteiger partial charge in [-0.15, -0.1) is 0 Å². The number of pyridine rings is 1. The van der Waals surface area contributed by atoms with Crippen LogP contribution in [-0.4, -0.2) is 29.8 Å². The fraction of sp³-hybridized carbons (Fsp3) is 0.522. The molecule has 168 valence electrons. The summed E-state index contributed by atoms with van der Waals surface area (Å²) in [6.07, 6.45) is 7.90. The molecule has 0 saturated heterocycles. The highest BCUT2D eigenvalue weighted by molar-refractivity contribution is 5.67. The molecule has 1 aliphatic heterocycles. The van der Waals surface area contributed by atoms with Crippen LogP contribution < -0.4 is 15.2 Å². The molecule has 0 spiro atoms. The van der Waals surface area contributed by atoms with Crippen molar-refractivity contribution >= 4 is 12.2 Å². The molecule has 0 aromatic carbocycles. The summed E-state index contributed by atoms with van der Waals surface area (Å²) in [7, 11) is 1.99. The van der Waals surface area contributed by atoms with Gasteiger partial charge in [-0.2, -0.15) is 0 Å². The van der Waals surface area contributed by atoms with Crippen LogP contribution in [0.3, 0.4) is 0 Å². The van der Waals surface area contributed by atoms with Gasteiger partial charge in [0.05, 0.1) is 0 Å². The van der Waals surface area contributed by atoms with E-state index in [4.69, 9.17) is 9.47 Å². The summed E-state index contributed by atoms with van der Waals surface area (Å²) in [6, 6.07) is 4.25. The average molecular weight is 430 g/mol. The summed E-state index contributed by atoms with van der Waals surface area (Å²) >= 11 is 0. The molecule has 1 unspecified atom stereocenters. The molecule has 0 fully saturated rings. The van der Waals surface area contributed by atoms with E-state index < -0.39 is 12.2 Å². The first-order chi connectivity index (χ1) is 15.0. The van der Waals surface area contributed by atoms with Crippen molar-refractivity contribution < 1.29 is 23.6 Å². The molecule has 0 bridgehead atoms. The van der Waals surface area contributed by atoms with Crippen molar-refractivity contribution in [3.63, 3.8) is 0 Å². The molecule has 0 saturated carbocycles. The van der Waals surface area contributed by atoms with Crippen LogP contribution in [0.1, 0.15) is 61.4 Å². The van der Waals surface area contributed by atoms with Crippen molar-refractivity contribution in [3.8, 4) is 0 Å². The molecule has 2 N–H and O–H groups in total. The van der Waals surface area contributed by atoms with Crippen LogP contribution >= 0.6 is 0 Å². The minimum atomic E-state index is -0.437. The molecule has 0 aliphatic carbocycles. The summed E-state index contributed by atoms with van der Waals surface area (Å²) in [5, 5.41) is 5.46. The van der Waals surface area contributed by atoms with E-state index >= 15 is 0 Å². The number of nitrogens with one attached hydrogen (secondary N) is 2. The Labute approximate surface area is 183 Å². The first-order valence-electron chi connectivity index (χ1n) is 11.0. The Kier molecular flexibility index (Phi) is 7.92. The highest BCUT2D eigenvalue weighted by atomic mass is 16.6. The van der Waals surface area contributed by atoms with Gasteiger partial charge in [-0.25, -0.2) is 14.2 Å². The van der Waals surface area contributed by atoms with Crippen molar-refractivity contribution in [2.24, 2.45) is 7.05 Å². The van der Waals surface area contributed by atoms with Crippen LogP contribution in [-0.2, 0) is 36.3 Å². The highest BCUT2D eigenvalue weighted by Crippen LogP contribution is 2.39. The minimum absolute atomic E-state index is 0.140. The summed E-state index contributed by atoms with van der Waals surface area (Å²) < 4.78 is 15.1. The predicted octanol–water partition coefficient (Wildman–Crippen LogP) is 3.12. The lowest BCUT2D eigenvalue weighted by Gasteiger charge is -2.15. The van der Waals surface area contributed by atoms with Crippen LogP contribution in [0, 0.1) is 0 Å². The molecule has 1 atom stereocenters. The summed E-state index contributed by atoms with van der Waals surface area (Å²) in [6.45, 7) is 6.28. The molecule has 8 heteroatoms. The van der Waals surface area contributed by atoms with Gasteiger partial charge in [-0.05, 0) is 24.8 Å². The molecule has 2 aromatic heterocycles. The third-order valence-electron chi connectivity index (χ3n) is 5.46. The lowest BCUT2D eigenvalue weighted by molar-refractivity contribution is -0.671. The van der Waals surface area contributed by atoms with E-state index in [9.17, 15) is 9.59 Å². The zero-order valence-corrected chi connectivity index (χ0v) is 18.6. The maximum Gasteiger partial charge on any atom is 0.407 e. The molecule has 3 heterocycles. The Morgan fingerprint density at radius 2 is 1.68 bits per heavy atom.